The zero-order valence-electron chi connectivity index (χ0n) is 10.8. The Labute approximate surface area is 107 Å². The maximum absolute atomic E-state index is 11.8. The Morgan fingerprint density at radius 1 is 1.50 bits per heavy atom. The number of likely N-dealkylation sites (tertiary alicyclic amines) is 1. The van der Waals surface area contributed by atoms with Crippen LogP contribution in [0.25, 0.3) is 0 Å². The van der Waals surface area contributed by atoms with Gasteiger partial charge in [-0.05, 0) is 19.3 Å². The van der Waals surface area contributed by atoms with Crippen LogP contribution in [0, 0.1) is 11.8 Å². The van der Waals surface area contributed by atoms with Crippen molar-refractivity contribution in [2.75, 3.05) is 19.7 Å². The molecule has 0 aromatic heterocycles. The SMILES string of the molecule is CCC1OCCC1CN1CC(C(=O)O)CCC1=O. The van der Waals surface area contributed by atoms with E-state index in [0.29, 0.717) is 31.8 Å². The summed E-state index contributed by atoms with van der Waals surface area (Å²) in [7, 11) is 0. The van der Waals surface area contributed by atoms with Crippen molar-refractivity contribution in [1.82, 2.24) is 4.90 Å². The van der Waals surface area contributed by atoms with Crippen molar-refractivity contribution in [3.63, 3.8) is 0 Å². The predicted octanol–water partition coefficient (Wildman–Crippen LogP) is 1.12. The molecule has 0 aromatic carbocycles. The standard InChI is InChI=1S/C13H21NO4/c1-2-11-9(5-6-18-11)7-14-8-10(13(16)17)3-4-12(14)15/h9-11H,2-8H2,1H3,(H,16,17). The molecule has 3 atom stereocenters. The summed E-state index contributed by atoms with van der Waals surface area (Å²) in [6.07, 6.45) is 2.99. The van der Waals surface area contributed by atoms with E-state index in [1.807, 2.05) is 0 Å². The number of carboxylic acids is 1. The zero-order valence-corrected chi connectivity index (χ0v) is 10.8. The lowest BCUT2D eigenvalue weighted by molar-refractivity contribution is -0.147. The van der Waals surface area contributed by atoms with Gasteiger partial charge in [-0.2, -0.15) is 0 Å². The number of ether oxygens (including phenoxy) is 1. The number of carboxylic acid groups (broad SMARTS) is 1. The second kappa shape index (κ2) is 5.69. The fourth-order valence-corrected chi connectivity index (χ4v) is 2.93. The molecule has 0 radical (unpaired) electrons. The van der Waals surface area contributed by atoms with Gasteiger partial charge in [0.2, 0.25) is 5.91 Å². The molecule has 0 spiro atoms. The molecule has 102 valence electrons. The highest BCUT2D eigenvalue weighted by Crippen LogP contribution is 2.27. The van der Waals surface area contributed by atoms with Gasteiger partial charge >= 0.3 is 5.97 Å². The van der Waals surface area contributed by atoms with Crippen LogP contribution in [0.2, 0.25) is 0 Å². The molecule has 2 aliphatic rings. The number of piperidine rings is 1. The number of hydrogen-bond donors (Lipinski definition) is 1. The summed E-state index contributed by atoms with van der Waals surface area (Å²) < 4.78 is 5.61. The lowest BCUT2D eigenvalue weighted by Crippen LogP contribution is -2.45. The zero-order chi connectivity index (χ0) is 13.1. The Morgan fingerprint density at radius 2 is 2.28 bits per heavy atom. The predicted molar refractivity (Wildman–Crippen MR) is 65.1 cm³/mol. The first-order valence-electron chi connectivity index (χ1n) is 6.74. The molecule has 5 heteroatoms. The molecule has 1 N–H and O–H groups in total. The van der Waals surface area contributed by atoms with E-state index in [9.17, 15) is 9.59 Å². The third kappa shape index (κ3) is 2.83. The molecule has 0 saturated carbocycles. The average Bonchev–Trinajstić information content (AvgIpc) is 2.79. The van der Waals surface area contributed by atoms with Gasteiger partial charge in [-0.1, -0.05) is 6.92 Å². The van der Waals surface area contributed by atoms with Crippen LogP contribution in [0.3, 0.4) is 0 Å². The maximum atomic E-state index is 11.8. The van der Waals surface area contributed by atoms with Crippen LogP contribution in [-0.2, 0) is 14.3 Å². The van der Waals surface area contributed by atoms with Gasteiger partial charge < -0.3 is 14.7 Å². The Morgan fingerprint density at radius 3 is 2.94 bits per heavy atom. The summed E-state index contributed by atoms with van der Waals surface area (Å²) in [5.41, 5.74) is 0. The molecule has 1 amide bonds. The highest BCUT2D eigenvalue weighted by Gasteiger charge is 2.34. The van der Waals surface area contributed by atoms with Gasteiger partial charge in [-0.3, -0.25) is 9.59 Å². The minimum absolute atomic E-state index is 0.0919. The first-order valence-corrected chi connectivity index (χ1v) is 6.74. The molecule has 0 bridgehead atoms. The van der Waals surface area contributed by atoms with Gasteiger partial charge in [-0.15, -0.1) is 0 Å². The molecule has 5 nitrogen and oxygen atoms in total. The minimum atomic E-state index is -0.790. The van der Waals surface area contributed by atoms with E-state index in [2.05, 4.69) is 6.92 Å². The molecule has 0 aromatic rings. The monoisotopic (exact) mass is 255 g/mol. The molecular weight excluding hydrogens is 234 g/mol. The van der Waals surface area contributed by atoms with E-state index < -0.39 is 11.9 Å². The lowest BCUT2D eigenvalue weighted by atomic mass is 9.94. The van der Waals surface area contributed by atoms with Crippen molar-refractivity contribution in [2.24, 2.45) is 11.8 Å². The number of rotatable bonds is 4. The van der Waals surface area contributed by atoms with Crippen LogP contribution < -0.4 is 0 Å². The summed E-state index contributed by atoms with van der Waals surface area (Å²) in [4.78, 5) is 24.6. The van der Waals surface area contributed by atoms with Gasteiger partial charge in [0, 0.05) is 32.0 Å². The van der Waals surface area contributed by atoms with Crippen molar-refractivity contribution in [1.29, 1.82) is 0 Å². The van der Waals surface area contributed by atoms with Crippen LogP contribution in [0.1, 0.15) is 32.6 Å². The fraction of sp³-hybridized carbons (Fsp3) is 0.846. The Kier molecular flexibility index (Phi) is 4.22. The maximum Gasteiger partial charge on any atom is 0.308 e. The van der Waals surface area contributed by atoms with Crippen molar-refractivity contribution < 1.29 is 19.4 Å². The highest BCUT2D eigenvalue weighted by atomic mass is 16.5. The number of carbonyl (C=O) groups excluding carboxylic acids is 1. The number of carbonyl (C=O) groups is 2. The second-order valence-corrected chi connectivity index (χ2v) is 5.24. The van der Waals surface area contributed by atoms with Crippen LogP contribution in [0.15, 0.2) is 0 Å². The summed E-state index contributed by atoms with van der Waals surface area (Å²) >= 11 is 0. The molecule has 2 aliphatic heterocycles. The summed E-state index contributed by atoms with van der Waals surface area (Å²) in [6, 6.07) is 0. The summed E-state index contributed by atoms with van der Waals surface area (Å²) in [5, 5.41) is 9.04. The second-order valence-electron chi connectivity index (χ2n) is 5.24. The van der Waals surface area contributed by atoms with E-state index >= 15 is 0 Å². The van der Waals surface area contributed by atoms with E-state index in [1.54, 1.807) is 4.90 Å². The number of amides is 1. The first-order chi connectivity index (χ1) is 8.61. The Balaban J connectivity index is 1.94. The normalized spacial score (nSPS) is 32.8. The number of aliphatic carboxylic acids is 1. The van der Waals surface area contributed by atoms with Gasteiger partial charge in [0.1, 0.15) is 0 Å². The molecule has 2 rings (SSSR count). The summed E-state index contributed by atoms with van der Waals surface area (Å²) in [6.45, 7) is 3.86. The first kappa shape index (κ1) is 13.3. The molecular formula is C13H21NO4. The fourth-order valence-electron chi connectivity index (χ4n) is 2.93. The van der Waals surface area contributed by atoms with Crippen molar-refractivity contribution in [3.05, 3.63) is 0 Å². The van der Waals surface area contributed by atoms with Gasteiger partial charge in [0.05, 0.1) is 12.0 Å². The number of nitrogens with zero attached hydrogens (tertiary/aromatic N) is 1. The smallest absolute Gasteiger partial charge is 0.308 e. The topological polar surface area (TPSA) is 66.8 Å². The largest absolute Gasteiger partial charge is 0.481 e. The van der Waals surface area contributed by atoms with Crippen molar-refractivity contribution >= 4 is 11.9 Å². The van der Waals surface area contributed by atoms with Crippen molar-refractivity contribution in [2.45, 2.75) is 38.7 Å². The molecule has 2 fully saturated rings. The number of hydrogen-bond acceptors (Lipinski definition) is 3. The molecule has 18 heavy (non-hydrogen) atoms. The van der Waals surface area contributed by atoms with Crippen LogP contribution in [0.4, 0.5) is 0 Å². The quantitative estimate of drug-likeness (QED) is 0.817. The highest BCUT2D eigenvalue weighted by molar-refractivity contribution is 5.80. The van der Waals surface area contributed by atoms with E-state index in [-0.39, 0.29) is 12.0 Å². The Hall–Kier alpha value is -1.10. The summed E-state index contributed by atoms with van der Waals surface area (Å²) in [5.74, 6) is -0.729. The molecule has 0 aliphatic carbocycles. The van der Waals surface area contributed by atoms with E-state index in [0.717, 1.165) is 19.4 Å². The van der Waals surface area contributed by atoms with E-state index in [1.165, 1.54) is 0 Å². The Bertz CT molecular complexity index is 331. The van der Waals surface area contributed by atoms with Gasteiger partial charge in [0.25, 0.3) is 0 Å². The molecule has 2 saturated heterocycles. The molecule has 2 heterocycles. The minimum Gasteiger partial charge on any atom is -0.481 e. The van der Waals surface area contributed by atoms with Crippen LogP contribution in [-0.4, -0.2) is 47.7 Å². The van der Waals surface area contributed by atoms with Crippen molar-refractivity contribution in [3.8, 4) is 0 Å². The van der Waals surface area contributed by atoms with E-state index in [4.69, 9.17) is 9.84 Å². The van der Waals surface area contributed by atoms with Crippen LogP contribution >= 0.6 is 0 Å². The van der Waals surface area contributed by atoms with Gasteiger partial charge in [-0.25, -0.2) is 0 Å². The van der Waals surface area contributed by atoms with Crippen LogP contribution in [0.5, 0.6) is 0 Å². The van der Waals surface area contributed by atoms with Gasteiger partial charge in [0.15, 0.2) is 0 Å². The lowest BCUT2D eigenvalue weighted by Gasteiger charge is -2.33. The third-order valence-electron chi connectivity index (χ3n) is 4.05. The third-order valence-corrected chi connectivity index (χ3v) is 4.05. The average molecular weight is 255 g/mol. The molecule has 3 unspecified atom stereocenters.